The maximum atomic E-state index is 12.1. The van der Waals surface area contributed by atoms with Gasteiger partial charge < -0.3 is 10.2 Å². The predicted molar refractivity (Wildman–Crippen MR) is 109 cm³/mol. The van der Waals surface area contributed by atoms with Gasteiger partial charge in [0.1, 0.15) is 5.82 Å². The van der Waals surface area contributed by atoms with E-state index in [1.807, 2.05) is 31.2 Å². The topological polar surface area (TPSA) is 58.1 Å². The zero-order chi connectivity index (χ0) is 19.1. The molecular weight excluding hydrogens is 368 g/mol. The SMILES string of the molecule is CC[C@@H](C)NC(=O)CCN(c1nc(Cc2ccc(Cl)cc2)ns1)C(C)C. The van der Waals surface area contributed by atoms with Crippen LogP contribution in [-0.4, -0.2) is 33.9 Å². The first-order valence-corrected chi connectivity index (χ1v) is 10.2. The van der Waals surface area contributed by atoms with Gasteiger partial charge in [0.05, 0.1) is 0 Å². The van der Waals surface area contributed by atoms with E-state index in [1.54, 1.807) is 0 Å². The third kappa shape index (κ3) is 6.25. The molecule has 0 saturated heterocycles. The van der Waals surface area contributed by atoms with Gasteiger partial charge in [0.2, 0.25) is 11.0 Å². The molecule has 0 aliphatic heterocycles. The summed E-state index contributed by atoms with van der Waals surface area (Å²) < 4.78 is 4.48. The van der Waals surface area contributed by atoms with Gasteiger partial charge in [-0.1, -0.05) is 30.7 Å². The minimum absolute atomic E-state index is 0.0795. The van der Waals surface area contributed by atoms with Crippen LogP contribution >= 0.6 is 23.1 Å². The summed E-state index contributed by atoms with van der Waals surface area (Å²) >= 11 is 7.31. The van der Waals surface area contributed by atoms with E-state index in [0.717, 1.165) is 28.0 Å². The Labute approximate surface area is 164 Å². The number of benzene rings is 1. The zero-order valence-corrected chi connectivity index (χ0v) is 17.4. The lowest BCUT2D eigenvalue weighted by Crippen LogP contribution is -2.37. The van der Waals surface area contributed by atoms with E-state index in [2.05, 4.69) is 40.3 Å². The van der Waals surface area contributed by atoms with Crippen LogP contribution in [0.25, 0.3) is 0 Å². The van der Waals surface area contributed by atoms with Crippen molar-refractivity contribution in [3.8, 4) is 0 Å². The molecule has 1 amide bonds. The molecule has 0 bridgehead atoms. The molecule has 7 heteroatoms. The number of carbonyl (C=O) groups is 1. The summed E-state index contributed by atoms with van der Waals surface area (Å²) in [5.74, 6) is 0.873. The Morgan fingerprint density at radius 3 is 2.58 bits per heavy atom. The Hall–Kier alpha value is -1.66. The van der Waals surface area contributed by atoms with Gasteiger partial charge in [-0.25, -0.2) is 4.98 Å². The molecule has 0 radical (unpaired) electrons. The molecule has 0 aliphatic rings. The van der Waals surface area contributed by atoms with E-state index in [9.17, 15) is 4.79 Å². The summed E-state index contributed by atoms with van der Waals surface area (Å²) in [6, 6.07) is 8.19. The summed E-state index contributed by atoms with van der Waals surface area (Å²) in [4.78, 5) is 18.9. The van der Waals surface area contributed by atoms with Crippen molar-refractivity contribution in [2.24, 2.45) is 0 Å². The number of nitrogens with one attached hydrogen (secondary N) is 1. The monoisotopic (exact) mass is 394 g/mol. The second-order valence-electron chi connectivity index (χ2n) is 6.71. The summed E-state index contributed by atoms with van der Waals surface area (Å²) in [7, 11) is 0. The number of rotatable bonds is 9. The van der Waals surface area contributed by atoms with Gasteiger partial charge in [0, 0.05) is 48.0 Å². The van der Waals surface area contributed by atoms with Gasteiger partial charge in [-0.2, -0.15) is 4.37 Å². The average molecular weight is 395 g/mol. The van der Waals surface area contributed by atoms with E-state index in [0.29, 0.717) is 19.4 Å². The number of aromatic nitrogens is 2. The normalized spacial score (nSPS) is 12.2. The van der Waals surface area contributed by atoms with Crippen molar-refractivity contribution in [3.05, 3.63) is 40.7 Å². The molecule has 1 aromatic carbocycles. The number of hydrogen-bond donors (Lipinski definition) is 1. The lowest BCUT2D eigenvalue weighted by Gasteiger charge is -2.25. The molecule has 0 unspecified atom stereocenters. The minimum Gasteiger partial charge on any atom is -0.354 e. The van der Waals surface area contributed by atoms with Crippen molar-refractivity contribution in [1.29, 1.82) is 0 Å². The fraction of sp³-hybridized carbons (Fsp3) is 0.526. The van der Waals surface area contributed by atoms with E-state index in [1.165, 1.54) is 11.5 Å². The number of halogens is 1. The lowest BCUT2D eigenvalue weighted by molar-refractivity contribution is -0.121. The van der Waals surface area contributed by atoms with Crippen LogP contribution in [0.4, 0.5) is 5.13 Å². The van der Waals surface area contributed by atoms with Crippen LogP contribution in [0.15, 0.2) is 24.3 Å². The molecule has 2 aromatic rings. The standard InChI is InChI=1S/C19H27ClN4OS/c1-5-14(4)21-18(25)10-11-24(13(2)3)19-22-17(23-26-19)12-15-6-8-16(20)9-7-15/h6-9,13-14H,5,10-12H2,1-4H3,(H,21,25)/t14-/m1/s1. The van der Waals surface area contributed by atoms with E-state index in [-0.39, 0.29) is 18.0 Å². The molecule has 0 fully saturated rings. The van der Waals surface area contributed by atoms with Crippen molar-refractivity contribution < 1.29 is 4.79 Å². The molecule has 1 heterocycles. The van der Waals surface area contributed by atoms with E-state index < -0.39 is 0 Å². The van der Waals surface area contributed by atoms with Crippen LogP contribution in [0.3, 0.4) is 0 Å². The van der Waals surface area contributed by atoms with Gasteiger partial charge in [0.15, 0.2) is 0 Å². The summed E-state index contributed by atoms with van der Waals surface area (Å²) in [5.41, 5.74) is 1.13. The first-order chi connectivity index (χ1) is 12.4. The van der Waals surface area contributed by atoms with Crippen molar-refractivity contribution in [1.82, 2.24) is 14.7 Å². The summed E-state index contributed by atoms with van der Waals surface area (Å²) in [6.07, 6.45) is 2.06. The molecule has 0 saturated carbocycles. The second-order valence-corrected chi connectivity index (χ2v) is 7.88. The molecule has 1 aromatic heterocycles. The number of anilines is 1. The fourth-order valence-electron chi connectivity index (χ4n) is 2.46. The van der Waals surface area contributed by atoms with Gasteiger partial charge in [0.25, 0.3) is 0 Å². The number of nitrogens with zero attached hydrogens (tertiary/aromatic N) is 3. The van der Waals surface area contributed by atoms with Gasteiger partial charge in [-0.05, 0) is 44.9 Å². The van der Waals surface area contributed by atoms with Gasteiger partial charge >= 0.3 is 0 Å². The molecule has 5 nitrogen and oxygen atoms in total. The van der Waals surface area contributed by atoms with Crippen molar-refractivity contribution in [2.75, 3.05) is 11.4 Å². The maximum Gasteiger partial charge on any atom is 0.221 e. The van der Waals surface area contributed by atoms with Gasteiger partial charge in [-0.3, -0.25) is 4.79 Å². The highest BCUT2D eigenvalue weighted by molar-refractivity contribution is 7.09. The number of carbonyl (C=O) groups excluding carboxylic acids is 1. The van der Waals surface area contributed by atoms with Crippen molar-refractivity contribution in [2.45, 2.75) is 59.0 Å². The smallest absolute Gasteiger partial charge is 0.221 e. The fourth-order valence-corrected chi connectivity index (χ4v) is 3.44. The third-order valence-corrected chi connectivity index (χ3v) is 5.24. The molecule has 0 aliphatic carbocycles. The Morgan fingerprint density at radius 1 is 1.27 bits per heavy atom. The molecule has 1 N–H and O–H groups in total. The molecule has 2 rings (SSSR count). The Kier molecular flexibility index (Phi) is 7.85. The third-order valence-electron chi connectivity index (χ3n) is 4.20. The summed E-state index contributed by atoms with van der Waals surface area (Å²) in [5, 5.41) is 4.59. The van der Waals surface area contributed by atoms with Crippen LogP contribution in [0.2, 0.25) is 5.02 Å². The van der Waals surface area contributed by atoms with Gasteiger partial charge in [-0.15, -0.1) is 0 Å². The minimum atomic E-state index is 0.0795. The maximum absolute atomic E-state index is 12.1. The highest BCUT2D eigenvalue weighted by Crippen LogP contribution is 2.22. The van der Waals surface area contributed by atoms with Crippen molar-refractivity contribution in [3.63, 3.8) is 0 Å². The second kappa shape index (κ2) is 9.88. The van der Waals surface area contributed by atoms with Crippen LogP contribution in [0, 0.1) is 0 Å². The van der Waals surface area contributed by atoms with Crippen LogP contribution < -0.4 is 10.2 Å². The predicted octanol–water partition coefficient (Wildman–Crippen LogP) is 4.30. The number of hydrogen-bond acceptors (Lipinski definition) is 5. The van der Waals surface area contributed by atoms with Crippen molar-refractivity contribution >= 4 is 34.2 Å². The Bertz CT molecular complexity index is 702. The Morgan fingerprint density at radius 2 is 1.96 bits per heavy atom. The largest absolute Gasteiger partial charge is 0.354 e. The molecule has 142 valence electrons. The Balaban J connectivity index is 1.98. The molecular formula is C19H27ClN4OS. The van der Waals surface area contributed by atoms with E-state index >= 15 is 0 Å². The first-order valence-electron chi connectivity index (χ1n) is 9.02. The average Bonchev–Trinajstić information content (AvgIpc) is 3.04. The van der Waals surface area contributed by atoms with E-state index in [4.69, 9.17) is 11.6 Å². The van der Waals surface area contributed by atoms with Crippen LogP contribution in [0.5, 0.6) is 0 Å². The molecule has 0 spiro atoms. The highest BCUT2D eigenvalue weighted by atomic mass is 35.5. The zero-order valence-electron chi connectivity index (χ0n) is 15.8. The van der Waals surface area contributed by atoms with Crippen LogP contribution in [0.1, 0.15) is 51.9 Å². The molecule has 26 heavy (non-hydrogen) atoms. The quantitative estimate of drug-likeness (QED) is 0.688. The number of amides is 1. The highest BCUT2D eigenvalue weighted by Gasteiger charge is 2.17. The summed E-state index contributed by atoms with van der Waals surface area (Å²) in [6.45, 7) is 8.93. The molecule has 1 atom stereocenters. The lowest BCUT2D eigenvalue weighted by atomic mass is 10.1. The van der Waals surface area contributed by atoms with Crippen LogP contribution in [-0.2, 0) is 11.2 Å². The first kappa shape index (κ1) is 20.6.